The zero-order chi connectivity index (χ0) is 9.42. The van der Waals surface area contributed by atoms with Crippen LogP contribution in [0.4, 0.5) is 5.82 Å². The molecule has 13 heavy (non-hydrogen) atoms. The Balaban J connectivity index is 2.68. The summed E-state index contributed by atoms with van der Waals surface area (Å²) in [6, 6.07) is 3.70. The van der Waals surface area contributed by atoms with E-state index in [1.54, 1.807) is 16.8 Å². The van der Waals surface area contributed by atoms with Crippen LogP contribution in [0, 0.1) is 0 Å². The fourth-order valence-electron chi connectivity index (χ4n) is 1.21. The Kier molecular flexibility index (Phi) is 1.69. The minimum atomic E-state index is 0.404. The Labute approximate surface area is 76.4 Å². The van der Waals surface area contributed by atoms with Crippen molar-refractivity contribution in [2.75, 3.05) is 5.73 Å². The molecule has 2 heterocycles. The average Bonchev–Trinajstić information content (AvgIpc) is 2.49. The van der Waals surface area contributed by atoms with Crippen LogP contribution in [0.1, 0.15) is 25.5 Å². The Morgan fingerprint density at radius 2 is 2.23 bits per heavy atom. The molecular weight excluding hydrogens is 164 g/mol. The number of nitrogen functional groups attached to an aromatic ring is 1. The number of anilines is 1. The molecule has 0 aliphatic carbocycles. The smallest absolute Gasteiger partial charge is 0.157 e. The van der Waals surface area contributed by atoms with Gasteiger partial charge in [0.1, 0.15) is 5.82 Å². The van der Waals surface area contributed by atoms with Crippen LogP contribution in [0.5, 0.6) is 0 Å². The van der Waals surface area contributed by atoms with Crippen molar-refractivity contribution in [3.8, 4) is 0 Å². The van der Waals surface area contributed by atoms with Gasteiger partial charge < -0.3 is 5.73 Å². The molecule has 0 saturated carbocycles. The second-order valence-corrected chi connectivity index (χ2v) is 3.36. The molecule has 0 aliphatic heterocycles. The first kappa shape index (κ1) is 8.04. The van der Waals surface area contributed by atoms with Crippen LogP contribution < -0.4 is 5.73 Å². The summed E-state index contributed by atoms with van der Waals surface area (Å²) in [5.41, 5.74) is 7.56. The second kappa shape index (κ2) is 2.73. The number of fused-ring (bicyclic) bond motifs is 1. The first-order chi connectivity index (χ1) is 6.18. The summed E-state index contributed by atoms with van der Waals surface area (Å²) in [5, 5.41) is 4.34. The highest BCUT2D eigenvalue weighted by molar-refractivity contribution is 5.46. The third kappa shape index (κ3) is 1.24. The Morgan fingerprint density at radius 1 is 1.46 bits per heavy atom. The van der Waals surface area contributed by atoms with Crippen molar-refractivity contribution in [1.82, 2.24) is 14.6 Å². The molecule has 2 aromatic heterocycles. The predicted molar refractivity (Wildman–Crippen MR) is 51.5 cm³/mol. The number of nitrogens with zero attached hydrogens (tertiary/aromatic N) is 3. The lowest BCUT2D eigenvalue weighted by Crippen LogP contribution is -1.99. The molecule has 4 heteroatoms. The van der Waals surface area contributed by atoms with Crippen molar-refractivity contribution in [2.45, 2.75) is 19.8 Å². The number of aromatic nitrogens is 3. The summed E-state index contributed by atoms with van der Waals surface area (Å²) in [7, 11) is 0. The quantitative estimate of drug-likeness (QED) is 0.715. The van der Waals surface area contributed by atoms with Crippen LogP contribution in [-0.2, 0) is 0 Å². The van der Waals surface area contributed by atoms with Gasteiger partial charge in [0, 0.05) is 12.3 Å². The molecule has 2 aromatic rings. The molecule has 68 valence electrons. The molecule has 0 bridgehead atoms. The van der Waals surface area contributed by atoms with E-state index in [2.05, 4.69) is 23.9 Å². The molecule has 4 nitrogen and oxygen atoms in total. The Bertz CT molecular complexity index is 430. The zero-order valence-corrected chi connectivity index (χ0v) is 7.73. The highest BCUT2D eigenvalue weighted by atomic mass is 15.3. The van der Waals surface area contributed by atoms with Gasteiger partial charge in [-0.1, -0.05) is 13.8 Å². The van der Waals surface area contributed by atoms with E-state index in [4.69, 9.17) is 5.73 Å². The van der Waals surface area contributed by atoms with Crippen LogP contribution in [0.2, 0.25) is 0 Å². The summed E-state index contributed by atoms with van der Waals surface area (Å²) >= 11 is 0. The van der Waals surface area contributed by atoms with Crippen molar-refractivity contribution in [2.24, 2.45) is 0 Å². The Morgan fingerprint density at radius 3 is 2.85 bits per heavy atom. The van der Waals surface area contributed by atoms with Gasteiger partial charge in [0.2, 0.25) is 0 Å². The first-order valence-corrected chi connectivity index (χ1v) is 4.28. The molecule has 2 rings (SSSR count). The average molecular weight is 176 g/mol. The number of nitrogens with two attached hydrogens (primary N) is 1. The van der Waals surface area contributed by atoms with E-state index in [-0.39, 0.29) is 0 Å². The molecule has 0 radical (unpaired) electrons. The van der Waals surface area contributed by atoms with E-state index in [0.29, 0.717) is 11.7 Å². The maximum Gasteiger partial charge on any atom is 0.157 e. The summed E-state index contributed by atoms with van der Waals surface area (Å²) in [6.45, 7) is 4.19. The summed E-state index contributed by atoms with van der Waals surface area (Å²) in [6.07, 6.45) is 1.69. The second-order valence-electron chi connectivity index (χ2n) is 3.36. The van der Waals surface area contributed by atoms with Crippen molar-refractivity contribution in [1.29, 1.82) is 0 Å². The molecule has 0 aromatic carbocycles. The van der Waals surface area contributed by atoms with Crippen LogP contribution in [0.25, 0.3) is 5.65 Å². The standard InChI is InChI=1S/C9H12N4/c1-6(2)7-5-9-11-4-3-8(10)13(9)12-7/h3-6H,10H2,1-2H3. The molecular formula is C9H12N4. The van der Waals surface area contributed by atoms with Gasteiger partial charge in [0.15, 0.2) is 5.65 Å². The van der Waals surface area contributed by atoms with Gasteiger partial charge in [-0.05, 0) is 12.0 Å². The molecule has 0 spiro atoms. The maximum atomic E-state index is 5.73. The van der Waals surface area contributed by atoms with Gasteiger partial charge in [-0.25, -0.2) is 4.98 Å². The predicted octanol–water partition coefficient (Wildman–Crippen LogP) is 1.43. The molecule has 0 amide bonds. The number of hydrogen-bond acceptors (Lipinski definition) is 3. The van der Waals surface area contributed by atoms with Crippen molar-refractivity contribution in [3.63, 3.8) is 0 Å². The highest BCUT2D eigenvalue weighted by Gasteiger charge is 2.06. The lowest BCUT2D eigenvalue weighted by Gasteiger charge is -1.97. The molecule has 0 saturated heterocycles. The first-order valence-electron chi connectivity index (χ1n) is 4.28. The van der Waals surface area contributed by atoms with Gasteiger partial charge in [0.25, 0.3) is 0 Å². The third-order valence-electron chi connectivity index (χ3n) is 2.00. The van der Waals surface area contributed by atoms with E-state index in [1.165, 1.54) is 0 Å². The minimum Gasteiger partial charge on any atom is -0.384 e. The fraction of sp³-hybridized carbons (Fsp3) is 0.333. The van der Waals surface area contributed by atoms with E-state index >= 15 is 0 Å². The summed E-state index contributed by atoms with van der Waals surface area (Å²) in [5.74, 6) is 1.03. The van der Waals surface area contributed by atoms with Crippen LogP contribution in [-0.4, -0.2) is 14.6 Å². The minimum absolute atomic E-state index is 0.404. The monoisotopic (exact) mass is 176 g/mol. The van der Waals surface area contributed by atoms with E-state index in [0.717, 1.165) is 11.3 Å². The molecule has 0 atom stereocenters. The van der Waals surface area contributed by atoms with Crippen LogP contribution >= 0.6 is 0 Å². The van der Waals surface area contributed by atoms with Crippen molar-refractivity contribution < 1.29 is 0 Å². The van der Waals surface area contributed by atoms with Gasteiger partial charge in [-0.15, -0.1) is 0 Å². The molecule has 0 unspecified atom stereocenters. The van der Waals surface area contributed by atoms with Gasteiger partial charge in [0.05, 0.1) is 5.69 Å². The fourth-order valence-corrected chi connectivity index (χ4v) is 1.21. The van der Waals surface area contributed by atoms with E-state index < -0.39 is 0 Å². The summed E-state index contributed by atoms with van der Waals surface area (Å²) < 4.78 is 1.66. The Hall–Kier alpha value is -1.58. The number of hydrogen-bond donors (Lipinski definition) is 1. The lowest BCUT2D eigenvalue weighted by atomic mass is 10.1. The van der Waals surface area contributed by atoms with Gasteiger partial charge in [-0.2, -0.15) is 9.61 Å². The number of rotatable bonds is 1. The summed E-state index contributed by atoms with van der Waals surface area (Å²) in [4.78, 5) is 4.17. The van der Waals surface area contributed by atoms with Crippen LogP contribution in [0.3, 0.4) is 0 Å². The lowest BCUT2D eigenvalue weighted by molar-refractivity contribution is 0.789. The zero-order valence-electron chi connectivity index (χ0n) is 7.73. The topological polar surface area (TPSA) is 56.2 Å². The molecule has 0 fully saturated rings. The molecule has 2 N–H and O–H groups in total. The SMILES string of the molecule is CC(C)c1cc2nccc(N)n2n1. The third-order valence-corrected chi connectivity index (χ3v) is 2.00. The normalized spacial score (nSPS) is 11.3. The van der Waals surface area contributed by atoms with E-state index in [9.17, 15) is 0 Å². The van der Waals surface area contributed by atoms with Gasteiger partial charge in [-0.3, -0.25) is 0 Å². The largest absolute Gasteiger partial charge is 0.384 e. The maximum absolute atomic E-state index is 5.73. The van der Waals surface area contributed by atoms with Crippen LogP contribution in [0.15, 0.2) is 18.3 Å². The van der Waals surface area contributed by atoms with E-state index in [1.807, 2.05) is 6.07 Å². The van der Waals surface area contributed by atoms with Gasteiger partial charge >= 0.3 is 0 Å². The van der Waals surface area contributed by atoms with Crippen molar-refractivity contribution >= 4 is 11.5 Å². The van der Waals surface area contributed by atoms with Crippen molar-refractivity contribution in [3.05, 3.63) is 24.0 Å². The molecule has 0 aliphatic rings. The highest BCUT2D eigenvalue weighted by Crippen LogP contribution is 2.15.